The monoisotopic (exact) mass is 581 g/mol. The van der Waals surface area contributed by atoms with Crippen molar-refractivity contribution in [1.82, 2.24) is 29.9 Å². The highest BCUT2D eigenvalue weighted by atomic mass is 15.0. The quantitative estimate of drug-likeness (QED) is 0.225. The maximum absolute atomic E-state index is 10.5. The molecule has 212 valence electrons. The van der Waals surface area contributed by atoms with Gasteiger partial charge in [0.05, 0.1) is 0 Å². The Balaban J connectivity index is 1.69. The summed E-state index contributed by atoms with van der Waals surface area (Å²) in [5.74, 6) is 0.376. The molecule has 0 amide bonds. The summed E-state index contributed by atoms with van der Waals surface area (Å²) < 4.78 is 0. The minimum atomic E-state index is 0.141. The van der Waals surface area contributed by atoms with Gasteiger partial charge in [0.2, 0.25) is 0 Å². The summed E-state index contributed by atoms with van der Waals surface area (Å²) in [6, 6.07) is 30.1. The van der Waals surface area contributed by atoms with Gasteiger partial charge in [-0.25, -0.2) is 19.9 Å². The van der Waals surface area contributed by atoms with Crippen LogP contribution in [0.15, 0.2) is 72.8 Å². The van der Waals surface area contributed by atoms with Crippen LogP contribution in [0.3, 0.4) is 0 Å². The van der Waals surface area contributed by atoms with Crippen LogP contribution >= 0.6 is 0 Å². The topological polar surface area (TPSA) is 155 Å². The summed E-state index contributed by atoms with van der Waals surface area (Å²) in [5.41, 5.74) is 8.89. The summed E-state index contributed by atoms with van der Waals surface area (Å²) in [6.45, 7) is 5.96. The molecule has 3 aromatic heterocycles. The molecular weight excluding hydrogens is 558 g/mol. The van der Waals surface area contributed by atoms with Gasteiger partial charge in [0.25, 0.3) is 0 Å². The smallest absolute Gasteiger partial charge is 0.175 e. The van der Waals surface area contributed by atoms with Crippen molar-refractivity contribution in [3.8, 4) is 40.5 Å². The van der Waals surface area contributed by atoms with E-state index >= 15 is 0 Å². The number of aryl methyl sites for hydroxylation is 3. The predicted molar refractivity (Wildman–Crippen MR) is 171 cm³/mol. The molecule has 0 atom stereocenters. The summed E-state index contributed by atoms with van der Waals surface area (Å²) in [7, 11) is 0. The zero-order valence-electron chi connectivity index (χ0n) is 24.6. The van der Waals surface area contributed by atoms with E-state index in [0.717, 1.165) is 33.4 Å². The van der Waals surface area contributed by atoms with Gasteiger partial charge in [0, 0.05) is 16.7 Å². The van der Waals surface area contributed by atoms with Crippen molar-refractivity contribution >= 4 is 33.7 Å². The number of rotatable bonds is 3. The number of aromatic amines is 2. The number of hydrogen-bond donors (Lipinski definition) is 2. The molecule has 9 heteroatoms. The zero-order valence-corrected chi connectivity index (χ0v) is 24.6. The lowest BCUT2D eigenvalue weighted by atomic mass is 10.00. The molecule has 0 radical (unpaired) electrons. The van der Waals surface area contributed by atoms with E-state index in [4.69, 9.17) is 19.9 Å². The van der Waals surface area contributed by atoms with Gasteiger partial charge in [-0.3, -0.25) is 0 Å². The second-order valence-corrected chi connectivity index (χ2v) is 10.9. The molecule has 0 fully saturated rings. The van der Waals surface area contributed by atoms with E-state index in [1.807, 2.05) is 93.6 Å². The number of allylic oxidation sites excluding steroid dienone is 1. The van der Waals surface area contributed by atoms with Gasteiger partial charge >= 0.3 is 0 Å². The van der Waals surface area contributed by atoms with Crippen LogP contribution in [0.1, 0.15) is 45.0 Å². The Labute approximate surface area is 258 Å². The Morgan fingerprint density at radius 1 is 0.467 bits per heavy atom. The van der Waals surface area contributed by atoms with Gasteiger partial charge in [0.15, 0.2) is 22.9 Å². The molecule has 9 nitrogen and oxygen atoms in total. The molecule has 2 N–H and O–H groups in total. The van der Waals surface area contributed by atoms with E-state index in [-0.39, 0.29) is 39.6 Å². The van der Waals surface area contributed by atoms with Crippen LogP contribution in [-0.4, -0.2) is 29.9 Å². The number of fused-ring (bicyclic) bond motifs is 6. The number of H-pyrrole nitrogens is 2. The molecule has 0 saturated heterocycles. The van der Waals surface area contributed by atoms with Crippen LogP contribution in [0.4, 0.5) is 0 Å². The molecule has 4 heterocycles. The van der Waals surface area contributed by atoms with Crippen molar-refractivity contribution in [3.05, 3.63) is 118 Å². The molecule has 1 aliphatic heterocycles. The van der Waals surface area contributed by atoms with E-state index in [1.54, 1.807) is 0 Å². The molecular formula is C36H23N9. The standard InChI is InChI=1S/C36H23N9/c1-19-4-10-22(11-5-19)28-25(16-37)31-40-34(28)43-32-26(17-38)29(23-12-6-20(2)7-13-23)36(41-32)45-33-27(18-39)30(35(42-33)44-31)24-14-8-21(3)9-15-24/h4-15H,1-3H3,(H2,40,41,42,43,44,45). The highest BCUT2D eigenvalue weighted by Crippen LogP contribution is 2.37. The van der Waals surface area contributed by atoms with Crippen LogP contribution in [0.5, 0.6) is 0 Å². The molecule has 45 heavy (non-hydrogen) atoms. The molecule has 0 unspecified atom stereocenters. The molecule has 1 aliphatic rings. The summed E-state index contributed by atoms with van der Waals surface area (Å²) in [6.07, 6.45) is 0. The maximum Gasteiger partial charge on any atom is 0.175 e. The molecule has 6 bridgehead atoms. The average Bonchev–Trinajstić information content (AvgIpc) is 3.68. The van der Waals surface area contributed by atoms with Gasteiger partial charge in [-0.1, -0.05) is 89.5 Å². The third-order valence-electron chi connectivity index (χ3n) is 7.84. The minimum Gasteiger partial charge on any atom is -0.323 e. The van der Waals surface area contributed by atoms with E-state index in [2.05, 4.69) is 28.2 Å². The fourth-order valence-electron chi connectivity index (χ4n) is 5.52. The number of benzene rings is 3. The van der Waals surface area contributed by atoms with Crippen LogP contribution in [0.2, 0.25) is 0 Å². The normalized spacial score (nSPS) is 11.7. The van der Waals surface area contributed by atoms with Crippen LogP contribution in [0.25, 0.3) is 56.0 Å². The summed E-state index contributed by atoms with van der Waals surface area (Å²) >= 11 is 0. The first-order valence-electron chi connectivity index (χ1n) is 14.2. The van der Waals surface area contributed by atoms with Crippen molar-refractivity contribution < 1.29 is 0 Å². The van der Waals surface area contributed by atoms with E-state index in [1.165, 1.54) is 0 Å². The van der Waals surface area contributed by atoms with E-state index < -0.39 is 0 Å². The van der Waals surface area contributed by atoms with E-state index in [0.29, 0.717) is 28.0 Å². The van der Waals surface area contributed by atoms with Gasteiger partial charge in [-0.05, 0) is 37.5 Å². The Morgan fingerprint density at radius 2 is 0.889 bits per heavy atom. The van der Waals surface area contributed by atoms with Crippen LogP contribution in [-0.2, 0) is 0 Å². The summed E-state index contributed by atoms with van der Waals surface area (Å²) in [4.78, 5) is 25.8. The first-order chi connectivity index (χ1) is 21.9. The fourth-order valence-corrected chi connectivity index (χ4v) is 5.52. The van der Waals surface area contributed by atoms with Gasteiger partial charge in [-0.2, -0.15) is 15.8 Å². The molecule has 0 aliphatic carbocycles. The average molecular weight is 582 g/mol. The highest BCUT2D eigenvalue weighted by Gasteiger charge is 2.27. The first kappa shape index (κ1) is 27.2. The number of nitrogens with one attached hydrogen (secondary N) is 2. The molecule has 6 aromatic rings. The number of nitrogens with zero attached hydrogens (tertiary/aromatic N) is 7. The van der Waals surface area contributed by atoms with Crippen molar-refractivity contribution in [1.29, 1.82) is 15.8 Å². The molecule has 7 rings (SSSR count). The van der Waals surface area contributed by atoms with Crippen molar-refractivity contribution in [2.24, 2.45) is 0 Å². The van der Waals surface area contributed by atoms with E-state index in [9.17, 15) is 15.8 Å². The number of aromatic nitrogens is 6. The van der Waals surface area contributed by atoms with Crippen molar-refractivity contribution in [2.45, 2.75) is 20.8 Å². The molecule has 0 spiro atoms. The number of nitriles is 3. The predicted octanol–water partition coefficient (Wildman–Crippen LogP) is 7.15. The minimum absolute atomic E-state index is 0.141. The largest absolute Gasteiger partial charge is 0.323 e. The summed E-state index contributed by atoms with van der Waals surface area (Å²) in [5, 5.41) is 31.4. The third kappa shape index (κ3) is 4.55. The zero-order chi connectivity index (χ0) is 31.2. The second-order valence-electron chi connectivity index (χ2n) is 10.9. The van der Waals surface area contributed by atoms with Gasteiger partial charge < -0.3 is 9.97 Å². The second kappa shape index (κ2) is 10.6. The lowest BCUT2D eigenvalue weighted by Crippen LogP contribution is -1.92. The highest BCUT2D eigenvalue weighted by molar-refractivity contribution is 6.04. The molecule has 3 aromatic carbocycles. The van der Waals surface area contributed by atoms with Crippen molar-refractivity contribution in [2.75, 3.05) is 0 Å². The number of hydrogen-bond acceptors (Lipinski definition) is 7. The van der Waals surface area contributed by atoms with Gasteiger partial charge in [-0.15, -0.1) is 0 Å². The lowest BCUT2D eigenvalue weighted by Gasteiger charge is -2.03. The Morgan fingerprint density at radius 3 is 1.36 bits per heavy atom. The maximum atomic E-state index is 10.5. The third-order valence-corrected chi connectivity index (χ3v) is 7.84. The SMILES string of the molecule is Cc1ccc(C2=C(C#N)c3nc2nc2[nH]c(nc4[nH]c(n3)c(-c3ccc(C)cc3)c4C#N)c(-c3ccc(C)cc3)c2C#N)cc1. The van der Waals surface area contributed by atoms with Gasteiger partial charge in [0.1, 0.15) is 46.2 Å². The Kier molecular flexibility index (Phi) is 6.40. The Bertz CT molecular complexity index is 2400. The Hall–Kier alpha value is -6.63. The first-order valence-corrected chi connectivity index (χ1v) is 14.2. The molecule has 0 saturated carbocycles. The van der Waals surface area contributed by atoms with Crippen molar-refractivity contribution in [3.63, 3.8) is 0 Å². The lowest BCUT2D eigenvalue weighted by molar-refractivity contribution is 1.11. The fraction of sp³-hybridized carbons (Fsp3) is 0.0833. The van der Waals surface area contributed by atoms with Crippen LogP contribution < -0.4 is 0 Å². The van der Waals surface area contributed by atoms with Crippen LogP contribution in [0, 0.1) is 54.8 Å².